The third-order valence-corrected chi connectivity index (χ3v) is 4.98. The predicted molar refractivity (Wildman–Crippen MR) is 104 cm³/mol. The van der Waals surface area contributed by atoms with Crippen LogP contribution >= 0.6 is 0 Å². The number of hydrogen-bond donors (Lipinski definition) is 1. The Hall–Kier alpha value is -3.21. The second-order valence-corrected chi connectivity index (χ2v) is 6.64. The van der Waals surface area contributed by atoms with Crippen molar-refractivity contribution in [3.63, 3.8) is 0 Å². The number of nitrogens with zero attached hydrogens (tertiary/aromatic N) is 2. The quantitative estimate of drug-likeness (QED) is 0.746. The maximum atomic E-state index is 13.4. The molecule has 0 fully saturated rings. The van der Waals surface area contributed by atoms with Crippen LogP contribution in [0.25, 0.3) is 28.0 Å². The second-order valence-electron chi connectivity index (χ2n) is 6.64. The molecule has 4 nitrogen and oxygen atoms in total. The molecular weight excluding hydrogens is 341 g/mol. The standard InChI is InChI=1S/C22H20FN3O/c1-15(27)26-12-8-16(9-13-26)20-14-25-22(18-2-4-19(23)5-3-18)21(20)17-6-10-24-11-7-17/h2-8,10-11,14,25H,9,12-13H2,1H3. The molecule has 136 valence electrons. The molecule has 0 unspecified atom stereocenters. The van der Waals surface area contributed by atoms with Crippen molar-refractivity contribution in [2.24, 2.45) is 0 Å². The number of hydrogen-bond acceptors (Lipinski definition) is 2. The number of aromatic amines is 1. The van der Waals surface area contributed by atoms with Crippen LogP contribution < -0.4 is 0 Å². The van der Waals surface area contributed by atoms with Crippen LogP contribution in [0.1, 0.15) is 18.9 Å². The summed E-state index contributed by atoms with van der Waals surface area (Å²) in [5.74, 6) is -0.156. The molecule has 1 aliphatic rings. The van der Waals surface area contributed by atoms with E-state index in [0.29, 0.717) is 13.1 Å². The van der Waals surface area contributed by atoms with E-state index >= 15 is 0 Å². The topological polar surface area (TPSA) is 49.0 Å². The molecule has 0 saturated carbocycles. The molecular formula is C22H20FN3O. The number of amides is 1. The van der Waals surface area contributed by atoms with Crippen molar-refractivity contribution in [1.29, 1.82) is 0 Å². The highest BCUT2D eigenvalue weighted by Gasteiger charge is 2.21. The van der Waals surface area contributed by atoms with Gasteiger partial charge in [0.25, 0.3) is 0 Å². The van der Waals surface area contributed by atoms with Crippen LogP contribution in [-0.4, -0.2) is 33.9 Å². The first-order chi connectivity index (χ1) is 13.1. The Kier molecular flexibility index (Phi) is 4.59. The highest BCUT2D eigenvalue weighted by Crippen LogP contribution is 2.39. The first-order valence-corrected chi connectivity index (χ1v) is 8.96. The summed E-state index contributed by atoms with van der Waals surface area (Å²) in [5.41, 5.74) is 6.33. The van der Waals surface area contributed by atoms with E-state index in [0.717, 1.165) is 34.4 Å². The average Bonchev–Trinajstić information content (AvgIpc) is 3.14. The zero-order chi connectivity index (χ0) is 18.8. The number of aromatic nitrogens is 2. The number of halogens is 1. The van der Waals surface area contributed by atoms with Crippen molar-refractivity contribution in [1.82, 2.24) is 14.9 Å². The van der Waals surface area contributed by atoms with Gasteiger partial charge >= 0.3 is 0 Å². The Balaban J connectivity index is 1.81. The van der Waals surface area contributed by atoms with E-state index in [4.69, 9.17) is 0 Å². The number of H-pyrrole nitrogens is 1. The maximum Gasteiger partial charge on any atom is 0.219 e. The lowest BCUT2D eigenvalue weighted by molar-refractivity contribution is -0.128. The van der Waals surface area contributed by atoms with Gasteiger partial charge in [-0.3, -0.25) is 9.78 Å². The monoisotopic (exact) mass is 361 g/mol. The van der Waals surface area contributed by atoms with E-state index in [9.17, 15) is 9.18 Å². The zero-order valence-electron chi connectivity index (χ0n) is 15.1. The van der Waals surface area contributed by atoms with Crippen molar-refractivity contribution in [2.45, 2.75) is 13.3 Å². The summed E-state index contributed by atoms with van der Waals surface area (Å²) in [4.78, 5) is 20.9. The molecule has 0 spiro atoms. The summed E-state index contributed by atoms with van der Waals surface area (Å²) < 4.78 is 13.4. The molecule has 1 aliphatic heterocycles. The molecule has 2 aromatic heterocycles. The molecule has 0 atom stereocenters. The maximum absolute atomic E-state index is 13.4. The van der Waals surface area contributed by atoms with Crippen molar-refractivity contribution in [3.8, 4) is 22.4 Å². The lowest BCUT2D eigenvalue weighted by Gasteiger charge is -2.25. The molecule has 1 amide bonds. The summed E-state index contributed by atoms with van der Waals surface area (Å²) in [5, 5.41) is 0. The molecule has 3 aromatic rings. The number of carbonyl (C=O) groups excluding carboxylic acids is 1. The van der Waals surface area contributed by atoms with Crippen LogP contribution in [0.3, 0.4) is 0 Å². The van der Waals surface area contributed by atoms with E-state index in [1.165, 1.54) is 17.7 Å². The van der Waals surface area contributed by atoms with Crippen molar-refractivity contribution in [3.05, 3.63) is 72.4 Å². The molecule has 1 aromatic carbocycles. The normalized spacial score (nSPS) is 14.1. The molecule has 4 rings (SSSR count). The van der Waals surface area contributed by atoms with E-state index in [2.05, 4.69) is 16.0 Å². The predicted octanol–water partition coefficient (Wildman–Crippen LogP) is 4.52. The van der Waals surface area contributed by atoms with Gasteiger partial charge in [0.2, 0.25) is 5.91 Å². The van der Waals surface area contributed by atoms with Crippen LogP contribution in [-0.2, 0) is 4.79 Å². The lowest BCUT2D eigenvalue weighted by Crippen LogP contribution is -2.32. The molecule has 5 heteroatoms. The third-order valence-electron chi connectivity index (χ3n) is 4.98. The smallest absolute Gasteiger partial charge is 0.219 e. The Morgan fingerprint density at radius 1 is 1.11 bits per heavy atom. The number of benzene rings is 1. The fourth-order valence-electron chi connectivity index (χ4n) is 3.54. The number of carbonyl (C=O) groups is 1. The SMILES string of the molecule is CC(=O)N1CC=C(c2c[nH]c(-c3ccc(F)cc3)c2-c2ccncc2)CC1. The Morgan fingerprint density at radius 2 is 1.85 bits per heavy atom. The van der Waals surface area contributed by atoms with Gasteiger partial charge in [0.15, 0.2) is 0 Å². The van der Waals surface area contributed by atoms with Gasteiger partial charge < -0.3 is 9.88 Å². The second kappa shape index (κ2) is 7.19. The minimum atomic E-state index is -0.254. The number of pyridine rings is 1. The van der Waals surface area contributed by atoms with E-state index in [1.807, 2.05) is 23.2 Å². The summed E-state index contributed by atoms with van der Waals surface area (Å²) in [7, 11) is 0. The van der Waals surface area contributed by atoms with E-state index in [1.54, 1.807) is 31.5 Å². The van der Waals surface area contributed by atoms with Crippen molar-refractivity contribution < 1.29 is 9.18 Å². The van der Waals surface area contributed by atoms with Crippen molar-refractivity contribution in [2.75, 3.05) is 13.1 Å². The van der Waals surface area contributed by atoms with Gasteiger partial charge in [0, 0.05) is 49.7 Å². The highest BCUT2D eigenvalue weighted by atomic mass is 19.1. The van der Waals surface area contributed by atoms with Crippen LogP contribution in [0.15, 0.2) is 61.1 Å². The first-order valence-electron chi connectivity index (χ1n) is 8.96. The lowest BCUT2D eigenvalue weighted by atomic mass is 9.92. The molecule has 0 radical (unpaired) electrons. The van der Waals surface area contributed by atoms with Gasteiger partial charge in [-0.05, 0) is 59.5 Å². The van der Waals surface area contributed by atoms with Gasteiger partial charge in [0.05, 0.1) is 5.69 Å². The minimum absolute atomic E-state index is 0.0979. The zero-order valence-corrected chi connectivity index (χ0v) is 15.1. The van der Waals surface area contributed by atoms with Crippen LogP contribution in [0.4, 0.5) is 4.39 Å². The fourth-order valence-corrected chi connectivity index (χ4v) is 3.54. The molecule has 0 saturated heterocycles. The molecule has 0 bridgehead atoms. The molecule has 27 heavy (non-hydrogen) atoms. The summed E-state index contributed by atoms with van der Waals surface area (Å²) in [6.07, 6.45) is 8.47. The van der Waals surface area contributed by atoms with Crippen molar-refractivity contribution >= 4 is 11.5 Å². The van der Waals surface area contributed by atoms with Crippen LogP contribution in [0.5, 0.6) is 0 Å². The van der Waals surface area contributed by atoms with Gasteiger partial charge in [-0.15, -0.1) is 0 Å². The molecule has 1 N–H and O–H groups in total. The summed E-state index contributed by atoms with van der Waals surface area (Å²) in [6, 6.07) is 10.5. The van der Waals surface area contributed by atoms with E-state index in [-0.39, 0.29) is 11.7 Å². The Morgan fingerprint density at radius 3 is 2.48 bits per heavy atom. The van der Waals surface area contributed by atoms with Crippen LogP contribution in [0, 0.1) is 5.82 Å². The van der Waals surface area contributed by atoms with Gasteiger partial charge in [-0.2, -0.15) is 0 Å². The summed E-state index contributed by atoms with van der Waals surface area (Å²) >= 11 is 0. The van der Waals surface area contributed by atoms with E-state index < -0.39 is 0 Å². The van der Waals surface area contributed by atoms with Crippen LogP contribution in [0.2, 0.25) is 0 Å². The highest BCUT2D eigenvalue weighted by molar-refractivity contribution is 5.91. The van der Waals surface area contributed by atoms with Gasteiger partial charge in [0.1, 0.15) is 5.82 Å². The molecule has 3 heterocycles. The Bertz CT molecular complexity index is 990. The van der Waals surface area contributed by atoms with Gasteiger partial charge in [-0.1, -0.05) is 6.08 Å². The number of nitrogens with one attached hydrogen (secondary N) is 1. The Labute approximate surface area is 157 Å². The average molecular weight is 361 g/mol. The molecule has 0 aliphatic carbocycles. The summed E-state index contributed by atoms with van der Waals surface area (Å²) in [6.45, 7) is 2.94. The fraction of sp³-hybridized carbons (Fsp3) is 0.182. The largest absolute Gasteiger partial charge is 0.360 e. The first kappa shape index (κ1) is 17.2. The number of rotatable bonds is 3. The third kappa shape index (κ3) is 3.40. The van der Waals surface area contributed by atoms with Gasteiger partial charge in [-0.25, -0.2) is 4.39 Å². The minimum Gasteiger partial charge on any atom is -0.360 e.